The van der Waals surface area contributed by atoms with Crippen LogP contribution in [0.2, 0.25) is 0 Å². The van der Waals surface area contributed by atoms with E-state index < -0.39 is 0 Å². The Morgan fingerprint density at radius 3 is 2.61 bits per heavy atom. The lowest BCUT2D eigenvalue weighted by molar-refractivity contribution is 0.792. The van der Waals surface area contributed by atoms with Crippen LogP contribution in [0.4, 0.5) is 0 Å². The second-order valence-electron chi connectivity index (χ2n) is 5.14. The lowest BCUT2D eigenvalue weighted by Crippen LogP contribution is -2.40. The van der Waals surface area contributed by atoms with Gasteiger partial charge in [-0.25, -0.2) is 4.99 Å². The maximum absolute atomic E-state index is 4.59. The van der Waals surface area contributed by atoms with Gasteiger partial charge in [-0.15, -0.1) is 11.8 Å². The van der Waals surface area contributed by atoms with Crippen LogP contribution in [0.15, 0.2) is 64.6 Å². The molecule has 1 unspecified atom stereocenters. The van der Waals surface area contributed by atoms with Crippen LogP contribution < -0.4 is 10.6 Å². The van der Waals surface area contributed by atoms with Crippen molar-refractivity contribution in [1.82, 2.24) is 15.6 Å². The van der Waals surface area contributed by atoms with Crippen LogP contribution in [0.3, 0.4) is 0 Å². The van der Waals surface area contributed by atoms with E-state index in [1.165, 1.54) is 4.90 Å². The highest BCUT2D eigenvalue weighted by molar-refractivity contribution is 8.00. The van der Waals surface area contributed by atoms with Crippen molar-refractivity contribution in [1.29, 1.82) is 0 Å². The average molecular weight is 328 g/mol. The Bertz CT molecular complexity index is 586. The number of aromatic nitrogens is 1. The minimum atomic E-state index is 0.455. The van der Waals surface area contributed by atoms with Gasteiger partial charge in [0.25, 0.3) is 0 Å². The molecule has 0 radical (unpaired) electrons. The number of guanidine groups is 1. The van der Waals surface area contributed by atoms with Crippen LogP contribution in [0.25, 0.3) is 0 Å². The third kappa shape index (κ3) is 6.74. The van der Waals surface area contributed by atoms with Crippen molar-refractivity contribution in [2.45, 2.75) is 30.5 Å². The molecule has 2 N–H and O–H groups in total. The number of hydrogen-bond donors (Lipinski definition) is 2. The Labute approximate surface area is 142 Å². The summed E-state index contributed by atoms with van der Waals surface area (Å²) in [5.74, 6) is 0.832. The van der Waals surface area contributed by atoms with Crippen molar-refractivity contribution >= 4 is 17.7 Å². The van der Waals surface area contributed by atoms with Gasteiger partial charge in [-0.1, -0.05) is 31.2 Å². The molecule has 0 aliphatic heterocycles. The summed E-state index contributed by atoms with van der Waals surface area (Å²) >= 11 is 1.86. The Morgan fingerprint density at radius 1 is 1.13 bits per heavy atom. The van der Waals surface area contributed by atoms with Gasteiger partial charge in [0.15, 0.2) is 5.96 Å². The Hall–Kier alpha value is -2.01. The predicted molar refractivity (Wildman–Crippen MR) is 98.8 cm³/mol. The molecule has 1 aromatic heterocycles. The summed E-state index contributed by atoms with van der Waals surface area (Å²) in [6, 6.07) is 16.3. The molecular formula is C18H24N4S. The summed E-state index contributed by atoms with van der Waals surface area (Å²) in [5, 5.41) is 7.13. The summed E-state index contributed by atoms with van der Waals surface area (Å²) in [5.41, 5.74) is 0.969. The van der Waals surface area contributed by atoms with E-state index in [9.17, 15) is 0 Å². The molecule has 5 heteroatoms. The molecule has 0 saturated heterocycles. The fourth-order valence-corrected chi connectivity index (χ4v) is 2.95. The molecule has 0 aliphatic rings. The Balaban J connectivity index is 1.84. The first-order valence-corrected chi connectivity index (χ1v) is 8.79. The van der Waals surface area contributed by atoms with Gasteiger partial charge in [0, 0.05) is 29.4 Å². The highest BCUT2D eigenvalue weighted by Gasteiger charge is 2.05. The lowest BCUT2D eigenvalue weighted by Gasteiger charge is -2.15. The minimum Gasteiger partial charge on any atom is -0.357 e. The zero-order valence-corrected chi connectivity index (χ0v) is 14.5. The topological polar surface area (TPSA) is 49.3 Å². The van der Waals surface area contributed by atoms with Gasteiger partial charge >= 0.3 is 0 Å². The van der Waals surface area contributed by atoms with E-state index in [2.05, 4.69) is 58.7 Å². The van der Waals surface area contributed by atoms with E-state index >= 15 is 0 Å². The molecule has 1 heterocycles. The van der Waals surface area contributed by atoms with Gasteiger partial charge in [-0.3, -0.25) is 4.98 Å². The van der Waals surface area contributed by atoms with E-state index in [-0.39, 0.29) is 0 Å². The van der Waals surface area contributed by atoms with Gasteiger partial charge in [0.1, 0.15) is 0 Å². The molecule has 1 aromatic carbocycles. The van der Waals surface area contributed by atoms with Crippen molar-refractivity contribution in [2.24, 2.45) is 4.99 Å². The number of hydrogen-bond acceptors (Lipinski definition) is 3. The predicted octanol–water partition coefficient (Wildman–Crippen LogP) is 3.32. The fraction of sp³-hybridized carbons (Fsp3) is 0.333. The van der Waals surface area contributed by atoms with Crippen molar-refractivity contribution in [2.75, 3.05) is 13.1 Å². The van der Waals surface area contributed by atoms with E-state index in [0.717, 1.165) is 24.7 Å². The standard InChI is InChI=1S/C18H24N4S/c1-3-19-18(22-14-16-9-7-8-12-20-16)21-13-15(2)23-17-10-5-4-6-11-17/h4-12,15H,3,13-14H2,1-2H3,(H2,19,21,22). The first-order chi connectivity index (χ1) is 11.3. The van der Waals surface area contributed by atoms with E-state index in [4.69, 9.17) is 0 Å². The third-order valence-corrected chi connectivity index (χ3v) is 4.22. The van der Waals surface area contributed by atoms with Crippen LogP contribution in [0, 0.1) is 0 Å². The molecular weight excluding hydrogens is 304 g/mol. The highest BCUT2D eigenvalue weighted by Crippen LogP contribution is 2.21. The van der Waals surface area contributed by atoms with Gasteiger partial charge in [-0.05, 0) is 31.2 Å². The van der Waals surface area contributed by atoms with E-state index in [0.29, 0.717) is 11.8 Å². The first-order valence-electron chi connectivity index (χ1n) is 7.91. The summed E-state index contributed by atoms with van der Waals surface area (Å²) in [6.07, 6.45) is 1.80. The molecule has 0 saturated carbocycles. The van der Waals surface area contributed by atoms with Crippen LogP contribution in [0.1, 0.15) is 19.5 Å². The molecule has 2 aromatic rings. The molecule has 0 aliphatic carbocycles. The molecule has 4 nitrogen and oxygen atoms in total. The number of pyridine rings is 1. The fourth-order valence-electron chi connectivity index (χ4n) is 2.01. The molecule has 122 valence electrons. The number of nitrogens with one attached hydrogen (secondary N) is 2. The quantitative estimate of drug-likeness (QED) is 0.465. The molecule has 2 rings (SSSR count). The molecule has 0 fully saturated rings. The summed E-state index contributed by atoms with van der Waals surface area (Å²) in [7, 11) is 0. The summed E-state index contributed by atoms with van der Waals surface area (Å²) < 4.78 is 0. The molecule has 1 atom stereocenters. The number of nitrogens with zero attached hydrogens (tertiary/aromatic N) is 2. The second kappa shape index (κ2) is 9.90. The van der Waals surface area contributed by atoms with Crippen LogP contribution in [-0.2, 0) is 6.54 Å². The van der Waals surface area contributed by atoms with Crippen LogP contribution in [-0.4, -0.2) is 29.3 Å². The summed E-state index contributed by atoms with van der Waals surface area (Å²) in [4.78, 5) is 10.2. The lowest BCUT2D eigenvalue weighted by atomic mass is 10.3. The summed E-state index contributed by atoms with van der Waals surface area (Å²) in [6.45, 7) is 6.56. The number of rotatable bonds is 7. The Kier molecular flexibility index (Phi) is 7.46. The SMILES string of the molecule is CCNC(=NCc1ccccn1)NCC(C)Sc1ccccc1. The second-order valence-corrected chi connectivity index (χ2v) is 6.65. The van der Waals surface area contributed by atoms with Crippen molar-refractivity contribution in [3.8, 4) is 0 Å². The zero-order chi connectivity index (χ0) is 16.3. The smallest absolute Gasteiger partial charge is 0.191 e. The van der Waals surface area contributed by atoms with Gasteiger partial charge < -0.3 is 10.6 Å². The van der Waals surface area contributed by atoms with Gasteiger partial charge in [-0.2, -0.15) is 0 Å². The van der Waals surface area contributed by atoms with Crippen LogP contribution >= 0.6 is 11.8 Å². The van der Waals surface area contributed by atoms with E-state index in [1.54, 1.807) is 6.20 Å². The van der Waals surface area contributed by atoms with Crippen molar-refractivity contribution < 1.29 is 0 Å². The average Bonchev–Trinajstić information content (AvgIpc) is 2.59. The molecule has 0 bridgehead atoms. The monoisotopic (exact) mass is 328 g/mol. The minimum absolute atomic E-state index is 0.455. The molecule has 23 heavy (non-hydrogen) atoms. The Morgan fingerprint density at radius 2 is 1.91 bits per heavy atom. The van der Waals surface area contributed by atoms with Gasteiger partial charge in [0.2, 0.25) is 0 Å². The number of benzene rings is 1. The molecule has 0 spiro atoms. The number of thioether (sulfide) groups is 1. The van der Waals surface area contributed by atoms with Gasteiger partial charge in [0.05, 0.1) is 12.2 Å². The molecule has 0 amide bonds. The third-order valence-electron chi connectivity index (χ3n) is 3.11. The zero-order valence-electron chi connectivity index (χ0n) is 13.7. The number of aliphatic imine (C=N–C) groups is 1. The maximum Gasteiger partial charge on any atom is 0.191 e. The van der Waals surface area contributed by atoms with E-state index in [1.807, 2.05) is 36.0 Å². The normalized spacial score (nSPS) is 12.7. The van der Waals surface area contributed by atoms with Crippen LogP contribution in [0.5, 0.6) is 0 Å². The maximum atomic E-state index is 4.59. The van der Waals surface area contributed by atoms with Crippen molar-refractivity contribution in [3.63, 3.8) is 0 Å². The highest BCUT2D eigenvalue weighted by atomic mass is 32.2. The first kappa shape index (κ1) is 17.3. The largest absolute Gasteiger partial charge is 0.357 e. The van der Waals surface area contributed by atoms with Crippen molar-refractivity contribution in [3.05, 3.63) is 60.4 Å².